The number of rotatable bonds is 5. The molecule has 0 saturated carbocycles. The van der Waals surface area contributed by atoms with Gasteiger partial charge in [-0.25, -0.2) is 0 Å². The zero-order valence-corrected chi connectivity index (χ0v) is 14.4. The minimum atomic E-state index is 0.154. The maximum Gasteiger partial charge on any atom is 0.223 e. The van der Waals surface area contributed by atoms with Crippen LogP contribution in [0.4, 0.5) is 0 Å². The molecule has 0 aromatic heterocycles. The number of nitrogens with zero attached hydrogens (tertiary/aromatic N) is 1. The van der Waals surface area contributed by atoms with Crippen molar-refractivity contribution in [1.29, 1.82) is 0 Å². The molecule has 0 atom stereocenters. The van der Waals surface area contributed by atoms with E-state index in [0.717, 1.165) is 32.5 Å². The third-order valence-corrected chi connectivity index (χ3v) is 4.76. The molecule has 1 saturated heterocycles. The van der Waals surface area contributed by atoms with E-state index in [1.807, 2.05) is 12.1 Å². The molecule has 1 N–H and O–H groups in total. The molecular formula is C21H26N2O. The molecule has 1 fully saturated rings. The number of hydrogen-bond acceptors (Lipinski definition) is 2. The molecule has 3 nitrogen and oxygen atoms in total. The topological polar surface area (TPSA) is 32.3 Å². The Hall–Kier alpha value is -2.13. The van der Waals surface area contributed by atoms with E-state index in [9.17, 15) is 4.79 Å². The highest BCUT2D eigenvalue weighted by Gasteiger charge is 2.24. The minimum Gasteiger partial charge on any atom is -0.352 e. The Labute approximate surface area is 144 Å². The van der Waals surface area contributed by atoms with Crippen molar-refractivity contribution < 1.29 is 4.79 Å². The first-order valence-corrected chi connectivity index (χ1v) is 8.80. The lowest BCUT2D eigenvalue weighted by molar-refractivity contribution is -0.126. The van der Waals surface area contributed by atoms with Crippen molar-refractivity contribution in [2.75, 3.05) is 13.1 Å². The summed E-state index contributed by atoms with van der Waals surface area (Å²) in [5.41, 5.74) is 3.75. The largest absolute Gasteiger partial charge is 0.352 e. The Kier molecular flexibility index (Phi) is 5.65. The molecule has 0 bridgehead atoms. The monoisotopic (exact) mass is 322 g/mol. The summed E-state index contributed by atoms with van der Waals surface area (Å²) in [7, 11) is 0. The molecule has 2 aromatic rings. The highest BCUT2D eigenvalue weighted by molar-refractivity contribution is 5.78. The van der Waals surface area contributed by atoms with Crippen LogP contribution in [0.1, 0.15) is 29.5 Å². The van der Waals surface area contributed by atoms with Gasteiger partial charge >= 0.3 is 0 Å². The fourth-order valence-electron chi connectivity index (χ4n) is 3.35. The Bertz CT molecular complexity index is 661. The van der Waals surface area contributed by atoms with Gasteiger partial charge in [-0.3, -0.25) is 9.69 Å². The normalized spacial score (nSPS) is 16.0. The molecule has 3 rings (SSSR count). The van der Waals surface area contributed by atoms with Gasteiger partial charge in [0, 0.05) is 19.0 Å². The summed E-state index contributed by atoms with van der Waals surface area (Å²) in [6.45, 7) is 5.69. The summed E-state index contributed by atoms with van der Waals surface area (Å²) >= 11 is 0. The van der Waals surface area contributed by atoms with Crippen molar-refractivity contribution in [3.05, 3.63) is 71.3 Å². The molecule has 126 valence electrons. The quantitative estimate of drug-likeness (QED) is 0.913. The molecule has 1 aliphatic heterocycles. The van der Waals surface area contributed by atoms with Crippen LogP contribution in [-0.4, -0.2) is 23.9 Å². The summed E-state index contributed by atoms with van der Waals surface area (Å²) in [4.78, 5) is 14.8. The fraction of sp³-hybridized carbons (Fsp3) is 0.381. The van der Waals surface area contributed by atoms with Crippen molar-refractivity contribution in [3.63, 3.8) is 0 Å². The predicted molar refractivity (Wildman–Crippen MR) is 97.5 cm³/mol. The molecular weight excluding hydrogens is 296 g/mol. The molecule has 0 unspecified atom stereocenters. The second-order valence-corrected chi connectivity index (χ2v) is 6.74. The van der Waals surface area contributed by atoms with Crippen LogP contribution >= 0.6 is 0 Å². The number of benzene rings is 2. The average molecular weight is 322 g/mol. The summed E-state index contributed by atoms with van der Waals surface area (Å²) < 4.78 is 0. The van der Waals surface area contributed by atoms with Crippen LogP contribution in [0.3, 0.4) is 0 Å². The highest BCUT2D eigenvalue weighted by Crippen LogP contribution is 2.19. The van der Waals surface area contributed by atoms with Gasteiger partial charge in [-0.1, -0.05) is 60.2 Å². The molecule has 1 amide bonds. The molecule has 24 heavy (non-hydrogen) atoms. The number of nitrogens with one attached hydrogen (secondary N) is 1. The predicted octanol–water partition coefficient (Wildman–Crippen LogP) is 3.52. The van der Waals surface area contributed by atoms with Gasteiger partial charge in [-0.05, 0) is 44.0 Å². The van der Waals surface area contributed by atoms with Gasteiger partial charge in [0.05, 0.1) is 0 Å². The first kappa shape index (κ1) is 16.7. The lowest BCUT2D eigenvalue weighted by Crippen LogP contribution is -2.40. The van der Waals surface area contributed by atoms with Crippen LogP contribution in [0.15, 0.2) is 54.6 Å². The third kappa shape index (κ3) is 4.68. The van der Waals surface area contributed by atoms with Crippen LogP contribution < -0.4 is 5.32 Å². The number of carbonyl (C=O) groups excluding carboxylic acids is 1. The van der Waals surface area contributed by atoms with Gasteiger partial charge < -0.3 is 5.32 Å². The molecule has 1 aliphatic rings. The zero-order valence-electron chi connectivity index (χ0n) is 14.4. The second kappa shape index (κ2) is 8.11. The summed E-state index contributed by atoms with van der Waals surface area (Å²) in [6, 6.07) is 18.9. The van der Waals surface area contributed by atoms with E-state index in [-0.39, 0.29) is 11.8 Å². The van der Waals surface area contributed by atoms with Crippen molar-refractivity contribution >= 4 is 5.91 Å². The molecule has 2 aromatic carbocycles. The molecule has 0 spiro atoms. The van der Waals surface area contributed by atoms with Crippen LogP contribution in [0.5, 0.6) is 0 Å². The van der Waals surface area contributed by atoms with E-state index >= 15 is 0 Å². The Morgan fingerprint density at radius 2 is 1.75 bits per heavy atom. The van der Waals surface area contributed by atoms with E-state index in [4.69, 9.17) is 0 Å². The lowest BCUT2D eigenvalue weighted by Gasteiger charge is -2.31. The number of hydrogen-bond donors (Lipinski definition) is 1. The van der Waals surface area contributed by atoms with Gasteiger partial charge in [-0.15, -0.1) is 0 Å². The number of aryl methyl sites for hydroxylation is 1. The summed E-state index contributed by atoms with van der Waals surface area (Å²) in [5.74, 6) is 0.359. The maximum absolute atomic E-state index is 12.4. The van der Waals surface area contributed by atoms with Gasteiger partial charge in [-0.2, -0.15) is 0 Å². The van der Waals surface area contributed by atoms with Gasteiger partial charge in [0.2, 0.25) is 5.91 Å². The van der Waals surface area contributed by atoms with E-state index < -0.39 is 0 Å². The standard InChI is InChI=1S/C21H26N2O/c1-17-6-5-9-19(14-17)15-22-21(24)20-10-12-23(13-11-20)16-18-7-3-2-4-8-18/h2-9,14,20H,10-13,15-16H2,1H3,(H,22,24). The van der Waals surface area contributed by atoms with Gasteiger partial charge in [0.15, 0.2) is 0 Å². The number of carbonyl (C=O) groups is 1. The average Bonchev–Trinajstić information content (AvgIpc) is 2.61. The van der Waals surface area contributed by atoms with Crippen molar-refractivity contribution in [2.45, 2.75) is 32.9 Å². The Morgan fingerprint density at radius 1 is 1.04 bits per heavy atom. The van der Waals surface area contributed by atoms with Crippen molar-refractivity contribution in [3.8, 4) is 0 Å². The van der Waals surface area contributed by atoms with Crippen LogP contribution in [0.2, 0.25) is 0 Å². The van der Waals surface area contributed by atoms with Crippen LogP contribution in [0, 0.1) is 12.8 Å². The van der Waals surface area contributed by atoms with Crippen LogP contribution in [-0.2, 0) is 17.9 Å². The third-order valence-electron chi connectivity index (χ3n) is 4.76. The molecule has 0 aliphatic carbocycles. The molecule has 1 heterocycles. The Balaban J connectivity index is 1.43. The van der Waals surface area contributed by atoms with E-state index in [1.54, 1.807) is 0 Å². The fourth-order valence-corrected chi connectivity index (χ4v) is 3.35. The van der Waals surface area contributed by atoms with E-state index in [0.29, 0.717) is 6.54 Å². The van der Waals surface area contributed by atoms with Crippen molar-refractivity contribution in [2.24, 2.45) is 5.92 Å². The molecule has 0 radical (unpaired) electrons. The van der Waals surface area contributed by atoms with Gasteiger partial charge in [0.25, 0.3) is 0 Å². The van der Waals surface area contributed by atoms with E-state index in [1.165, 1.54) is 16.7 Å². The minimum absolute atomic E-state index is 0.154. The Morgan fingerprint density at radius 3 is 2.46 bits per heavy atom. The van der Waals surface area contributed by atoms with Crippen LogP contribution in [0.25, 0.3) is 0 Å². The lowest BCUT2D eigenvalue weighted by atomic mass is 9.95. The SMILES string of the molecule is Cc1cccc(CNC(=O)C2CCN(Cc3ccccc3)CC2)c1. The number of amides is 1. The second-order valence-electron chi connectivity index (χ2n) is 6.74. The molecule has 3 heteroatoms. The summed E-state index contributed by atoms with van der Waals surface area (Å²) in [6.07, 6.45) is 1.90. The first-order chi connectivity index (χ1) is 11.7. The first-order valence-electron chi connectivity index (χ1n) is 8.80. The van der Waals surface area contributed by atoms with Crippen molar-refractivity contribution in [1.82, 2.24) is 10.2 Å². The number of piperidine rings is 1. The zero-order chi connectivity index (χ0) is 16.8. The summed E-state index contributed by atoms with van der Waals surface area (Å²) in [5, 5.41) is 3.10. The highest BCUT2D eigenvalue weighted by atomic mass is 16.1. The van der Waals surface area contributed by atoms with Gasteiger partial charge in [0.1, 0.15) is 0 Å². The smallest absolute Gasteiger partial charge is 0.223 e. The van der Waals surface area contributed by atoms with E-state index in [2.05, 4.69) is 59.6 Å². The number of likely N-dealkylation sites (tertiary alicyclic amines) is 1. The maximum atomic E-state index is 12.4.